The Morgan fingerprint density at radius 3 is 2.68 bits per heavy atom. The molecule has 0 aliphatic rings. The Hall–Kier alpha value is -3.09. The lowest BCUT2D eigenvalue weighted by atomic mass is 10.3. The number of nitrogens with one attached hydrogen (secondary N) is 1. The van der Waals surface area contributed by atoms with E-state index in [-0.39, 0.29) is 12.4 Å². The maximum atomic E-state index is 11.6. The fourth-order valence-electron chi connectivity index (χ4n) is 1.61. The van der Waals surface area contributed by atoms with Crippen LogP contribution < -0.4 is 20.2 Å². The van der Waals surface area contributed by atoms with Gasteiger partial charge in [0.15, 0.2) is 36.3 Å². The first-order valence-electron chi connectivity index (χ1n) is 6.46. The summed E-state index contributed by atoms with van der Waals surface area (Å²) in [5, 5.41) is 3.56. The van der Waals surface area contributed by atoms with E-state index in [1.54, 1.807) is 48.8 Å². The molecule has 7 heteroatoms. The van der Waals surface area contributed by atoms with E-state index in [1.807, 2.05) is 0 Å². The van der Waals surface area contributed by atoms with Gasteiger partial charge in [0, 0.05) is 6.07 Å². The van der Waals surface area contributed by atoms with Crippen molar-refractivity contribution in [2.45, 2.75) is 0 Å². The number of benzene rings is 1. The maximum absolute atomic E-state index is 11.6. The van der Waals surface area contributed by atoms with Crippen LogP contribution >= 0.6 is 0 Å². The summed E-state index contributed by atoms with van der Waals surface area (Å²) in [6, 6.07) is 10.5. The van der Waals surface area contributed by atoms with Crippen LogP contribution in [0.1, 0.15) is 5.56 Å². The molecule has 114 valence electrons. The highest BCUT2D eigenvalue weighted by Gasteiger charge is 2.09. The van der Waals surface area contributed by atoms with Gasteiger partial charge in [0.2, 0.25) is 0 Å². The molecule has 3 N–H and O–H groups in total. The minimum Gasteiger partial charge on any atom is -0.493 e. The molecule has 22 heavy (non-hydrogen) atoms. The van der Waals surface area contributed by atoms with Crippen LogP contribution in [0.5, 0.6) is 11.5 Å². The number of amidine groups is 1. The Labute approximate surface area is 127 Å². The van der Waals surface area contributed by atoms with E-state index < -0.39 is 5.97 Å². The summed E-state index contributed by atoms with van der Waals surface area (Å²) in [5.74, 6) is 0.381. The first-order valence-corrected chi connectivity index (χ1v) is 6.46. The number of H-pyrrole nitrogens is 1. The van der Waals surface area contributed by atoms with Gasteiger partial charge >= 0.3 is 5.97 Å². The van der Waals surface area contributed by atoms with Crippen LogP contribution in [0.4, 0.5) is 0 Å². The molecule has 2 rings (SSSR count). The topological polar surface area (TPSA) is 97.3 Å². The van der Waals surface area contributed by atoms with E-state index in [0.717, 1.165) is 0 Å². The lowest BCUT2D eigenvalue weighted by Gasteiger charge is -2.08. The van der Waals surface area contributed by atoms with Gasteiger partial charge in [-0.05, 0) is 18.2 Å². The van der Waals surface area contributed by atoms with Gasteiger partial charge in [0.05, 0.1) is 12.7 Å². The summed E-state index contributed by atoms with van der Waals surface area (Å²) in [7, 11) is 1.52. The van der Waals surface area contributed by atoms with Crippen LogP contribution in [0.3, 0.4) is 0 Å². The molecule has 0 spiro atoms. The Balaban J connectivity index is 1.88. The molecule has 0 aliphatic carbocycles. The summed E-state index contributed by atoms with van der Waals surface area (Å²) < 4.78 is 10.4. The predicted octanol–water partition coefficient (Wildman–Crippen LogP) is 0.752. The van der Waals surface area contributed by atoms with Crippen molar-refractivity contribution in [3.8, 4) is 11.5 Å². The average molecular weight is 302 g/mol. The third-order valence-corrected chi connectivity index (χ3v) is 2.66. The number of nitrogens with zero attached hydrogens (tertiary/aromatic N) is 1. The number of pyridine rings is 1. The summed E-state index contributed by atoms with van der Waals surface area (Å²) in [6.07, 6.45) is 3.36. The number of hydrogen-bond donors (Lipinski definition) is 1. The van der Waals surface area contributed by atoms with Crippen LogP contribution in [0.15, 0.2) is 53.9 Å². The second kappa shape index (κ2) is 7.63. The Bertz CT molecular complexity index is 659. The maximum Gasteiger partial charge on any atom is 0.372 e. The zero-order chi connectivity index (χ0) is 15.8. The van der Waals surface area contributed by atoms with Gasteiger partial charge in [-0.3, -0.25) is 0 Å². The number of rotatable bonds is 6. The molecule has 0 saturated carbocycles. The Morgan fingerprint density at radius 2 is 2.00 bits per heavy atom. The zero-order valence-electron chi connectivity index (χ0n) is 12.0. The Morgan fingerprint density at radius 1 is 1.23 bits per heavy atom. The number of hydrogen-bond acceptors (Lipinski definition) is 5. The van der Waals surface area contributed by atoms with Crippen molar-refractivity contribution in [1.82, 2.24) is 0 Å². The molecule has 0 radical (unpaired) electrons. The molecule has 1 aromatic heterocycles. The second-order valence-electron chi connectivity index (χ2n) is 4.17. The van der Waals surface area contributed by atoms with Gasteiger partial charge in [-0.1, -0.05) is 17.3 Å². The monoisotopic (exact) mass is 302 g/mol. The van der Waals surface area contributed by atoms with Crippen molar-refractivity contribution in [2.24, 2.45) is 10.9 Å². The van der Waals surface area contributed by atoms with Gasteiger partial charge in [-0.2, -0.15) is 0 Å². The summed E-state index contributed by atoms with van der Waals surface area (Å²) >= 11 is 0. The first kappa shape index (κ1) is 15.3. The summed E-state index contributed by atoms with van der Waals surface area (Å²) in [6.45, 7) is -0.307. The van der Waals surface area contributed by atoms with Gasteiger partial charge < -0.3 is 20.0 Å². The molecule has 0 bridgehead atoms. The highest BCUT2D eigenvalue weighted by molar-refractivity contribution is 5.96. The Kier molecular flexibility index (Phi) is 5.31. The van der Waals surface area contributed by atoms with E-state index >= 15 is 0 Å². The molecule has 1 aromatic carbocycles. The summed E-state index contributed by atoms with van der Waals surface area (Å²) in [4.78, 5) is 19.1. The number of methoxy groups -OCH3 is 1. The molecular weight excluding hydrogens is 286 g/mol. The molecule has 0 unspecified atom stereocenters. The molecule has 0 aliphatic heterocycles. The van der Waals surface area contributed by atoms with E-state index in [0.29, 0.717) is 17.1 Å². The van der Waals surface area contributed by atoms with Gasteiger partial charge in [-0.15, -0.1) is 0 Å². The van der Waals surface area contributed by atoms with Gasteiger partial charge in [-0.25, -0.2) is 9.78 Å². The molecule has 0 fully saturated rings. The van der Waals surface area contributed by atoms with Crippen LogP contribution in [0, 0.1) is 0 Å². The number of ether oxygens (including phenoxy) is 2. The second-order valence-corrected chi connectivity index (χ2v) is 4.17. The van der Waals surface area contributed by atoms with Crippen molar-refractivity contribution in [3.05, 3.63) is 54.4 Å². The number of oxime groups is 1. The van der Waals surface area contributed by atoms with Gasteiger partial charge in [0.25, 0.3) is 0 Å². The minimum atomic E-state index is -0.672. The standard InChI is InChI=1S/C15H15N3O4/c1-20-12-6-2-3-7-13(12)21-10-14(19)22-18-15(16)11-5-4-8-17-9-11/h2-9H,10H2,1H3,(H2,16,18)/p+1. The lowest BCUT2D eigenvalue weighted by molar-refractivity contribution is -0.378. The number of carbonyl (C=O) groups excluding carboxylic acids is 1. The molecule has 0 atom stereocenters. The molecule has 1 heterocycles. The largest absolute Gasteiger partial charge is 0.493 e. The third kappa shape index (κ3) is 4.20. The van der Waals surface area contributed by atoms with Crippen molar-refractivity contribution in [1.29, 1.82) is 0 Å². The zero-order valence-corrected chi connectivity index (χ0v) is 12.0. The van der Waals surface area contributed by atoms with Crippen LogP contribution in [-0.2, 0) is 9.63 Å². The fraction of sp³-hybridized carbons (Fsp3) is 0.133. The third-order valence-electron chi connectivity index (χ3n) is 2.66. The number of aromatic nitrogens is 1. The average Bonchev–Trinajstić information content (AvgIpc) is 2.58. The number of para-hydroxylation sites is 2. The van der Waals surface area contributed by atoms with Crippen molar-refractivity contribution < 1.29 is 24.1 Å². The van der Waals surface area contributed by atoms with E-state index in [2.05, 4.69) is 10.1 Å². The van der Waals surface area contributed by atoms with Crippen LogP contribution in [-0.4, -0.2) is 25.5 Å². The van der Waals surface area contributed by atoms with Crippen molar-refractivity contribution >= 4 is 11.8 Å². The molecule has 0 amide bonds. The smallest absolute Gasteiger partial charge is 0.372 e. The van der Waals surface area contributed by atoms with E-state index in [4.69, 9.17) is 20.0 Å². The molecular formula is C15H16N3O4+. The molecule has 0 saturated heterocycles. The highest BCUT2D eigenvalue weighted by Crippen LogP contribution is 2.25. The SMILES string of the molecule is COc1ccccc1OCC(=O)ON=C(N)c1ccc[nH+]c1. The van der Waals surface area contributed by atoms with Crippen molar-refractivity contribution in [2.75, 3.05) is 13.7 Å². The first-order chi connectivity index (χ1) is 10.7. The highest BCUT2D eigenvalue weighted by atomic mass is 16.7. The number of carbonyl (C=O) groups is 1. The fourth-order valence-corrected chi connectivity index (χ4v) is 1.61. The normalized spacial score (nSPS) is 10.9. The van der Waals surface area contributed by atoms with Crippen molar-refractivity contribution in [3.63, 3.8) is 0 Å². The van der Waals surface area contributed by atoms with E-state index in [1.165, 1.54) is 7.11 Å². The minimum absolute atomic E-state index is 0.0856. The van der Waals surface area contributed by atoms with E-state index in [9.17, 15) is 4.79 Å². The lowest BCUT2D eigenvalue weighted by Crippen LogP contribution is -2.19. The van der Waals surface area contributed by atoms with Gasteiger partial charge in [0.1, 0.15) is 0 Å². The van der Waals surface area contributed by atoms with Crippen LogP contribution in [0.25, 0.3) is 0 Å². The van der Waals surface area contributed by atoms with Crippen LogP contribution in [0.2, 0.25) is 0 Å². The number of nitrogens with two attached hydrogens (primary N) is 1. The molecule has 2 aromatic rings. The quantitative estimate of drug-likeness (QED) is 0.367. The molecule has 7 nitrogen and oxygen atoms in total. The summed E-state index contributed by atoms with van der Waals surface area (Å²) in [5.41, 5.74) is 6.30. The number of aromatic amines is 1. The predicted molar refractivity (Wildman–Crippen MR) is 78.3 cm³/mol.